The van der Waals surface area contributed by atoms with Crippen LogP contribution in [0.2, 0.25) is 0 Å². The molecule has 0 unspecified atom stereocenters. The van der Waals surface area contributed by atoms with Gasteiger partial charge in [0.15, 0.2) is 11.9 Å². The van der Waals surface area contributed by atoms with Crippen LogP contribution in [0, 0.1) is 0 Å². The van der Waals surface area contributed by atoms with Gasteiger partial charge < -0.3 is 24.7 Å². The summed E-state index contributed by atoms with van der Waals surface area (Å²) in [5.41, 5.74) is 3.50. The number of fused-ring (bicyclic) bond motifs is 1. The lowest BCUT2D eigenvalue weighted by Gasteiger charge is -2.16. The molecule has 166 valence electrons. The van der Waals surface area contributed by atoms with E-state index < -0.39 is 39.0 Å². The predicted octanol–water partition coefficient (Wildman–Crippen LogP) is 1.35. The highest BCUT2D eigenvalue weighted by Crippen LogP contribution is 2.39. The van der Waals surface area contributed by atoms with Crippen molar-refractivity contribution in [2.24, 2.45) is 0 Å². The van der Waals surface area contributed by atoms with Crippen LogP contribution < -0.4 is 0 Å². The van der Waals surface area contributed by atoms with Gasteiger partial charge in [0, 0.05) is 5.56 Å². The van der Waals surface area contributed by atoms with E-state index in [2.05, 4.69) is 33.3 Å². The smallest absolute Gasteiger partial charge is 0.387 e. The Bertz CT molecular complexity index is 1130. The maximum atomic E-state index is 10.9. The van der Waals surface area contributed by atoms with Crippen LogP contribution in [-0.2, 0) is 13.8 Å². The quantitative estimate of drug-likeness (QED) is 0.404. The predicted molar refractivity (Wildman–Crippen MR) is 109 cm³/mol. The molecule has 11 nitrogen and oxygen atoms in total. The van der Waals surface area contributed by atoms with E-state index in [1.165, 1.54) is 17.2 Å². The highest BCUT2D eigenvalue weighted by atomic mass is 31.2. The number of hydrogen-bond donors (Lipinski definition) is 4. The van der Waals surface area contributed by atoms with E-state index >= 15 is 0 Å². The van der Waals surface area contributed by atoms with E-state index in [9.17, 15) is 14.8 Å². The summed E-state index contributed by atoms with van der Waals surface area (Å²) in [5, 5.41) is 20.7. The summed E-state index contributed by atoms with van der Waals surface area (Å²) in [5.74, 6) is 0.339. The Hall–Kier alpha value is -2.24. The summed E-state index contributed by atoms with van der Waals surface area (Å²) in [6.45, 7) is 3.61. The minimum atomic E-state index is -4.75. The number of nitrogens with zero attached hydrogens (tertiary/aromatic N) is 4. The highest BCUT2D eigenvalue weighted by molar-refractivity contribution is 7.46. The average molecular weight is 450 g/mol. The van der Waals surface area contributed by atoms with Crippen molar-refractivity contribution in [3.8, 4) is 11.3 Å². The normalized spacial score (nSPS) is 24.4. The molecule has 31 heavy (non-hydrogen) atoms. The zero-order chi connectivity index (χ0) is 22.3. The molecule has 1 saturated heterocycles. The highest BCUT2D eigenvalue weighted by Gasteiger charge is 2.45. The van der Waals surface area contributed by atoms with Gasteiger partial charge in [-0.2, -0.15) is 0 Å². The fourth-order valence-corrected chi connectivity index (χ4v) is 3.90. The maximum absolute atomic E-state index is 10.9. The zero-order valence-electron chi connectivity index (χ0n) is 16.8. The number of imidazole rings is 1. The monoisotopic (exact) mass is 450 g/mol. The van der Waals surface area contributed by atoms with Gasteiger partial charge in [-0.25, -0.2) is 19.5 Å². The summed E-state index contributed by atoms with van der Waals surface area (Å²) >= 11 is 0. The SMILES string of the molecule is CC(C)c1cccc(-c2ncnc3c2ncn3[C@@H]2O[C@H](COP(=O)(O)O)[C@@H](O)[C@H]2O)c1. The summed E-state index contributed by atoms with van der Waals surface area (Å²) in [6.07, 6.45) is -2.22. The summed E-state index contributed by atoms with van der Waals surface area (Å²) in [6, 6.07) is 7.94. The Morgan fingerprint density at radius 3 is 2.68 bits per heavy atom. The third kappa shape index (κ3) is 4.39. The first kappa shape index (κ1) is 22.0. The van der Waals surface area contributed by atoms with Gasteiger partial charge in [-0.3, -0.25) is 9.09 Å². The molecule has 0 saturated carbocycles. The molecule has 3 heterocycles. The van der Waals surface area contributed by atoms with Crippen molar-refractivity contribution in [1.29, 1.82) is 0 Å². The molecule has 12 heteroatoms. The van der Waals surface area contributed by atoms with E-state index in [0.717, 1.165) is 11.1 Å². The van der Waals surface area contributed by atoms with Gasteiger partial charge in [-0.1, -0.05) is 32.0 Å². The second-order valence-electron chi connectivity index (χ2n) is 7.66. The Morgan fingerprint density at radius 1 is 1.19 bits per heavy atom. The topological polar surface area (TPSA) is 160 Å². The molecular weight excluding hydrogens is 427 g/mol. The molecular formula is C19H23N4O7P. The van der Waals surface area contributed by atoms with Gasteiger partial charge in [0.25, 0.3) is 0 Å². The molecule has 4 atom stereocenters. The Morgan fingerprint density at radius 2 is 1.97 bits per heavy atom. The molecule has 2 aromatic heterocycles. The number of aliphatic hydroxyl groups excluding tert-OH is 2. The lowest BCUT2D eigenvalue weighted by Crippen LogP contribution is -2.33. The van der Waals surface area contributed by atoms with E-state index in [1.807, 2.05) is 24.3 Å². The molecule has 0 spiro atoms. The number of rotatable bonds is 6. The number of phosphoric acid groups is 1. The van der Waals surface area contributed by atoms with Crippen molar-refractivity contribution in [3.63, 3.8) is 0 Å². The van der Waals surface area contributed by atoms with Crippen LogP contribution in [-0.4, -0.2) is 64.4 Å². The van der Waals surface area contributed by atoms with Crippen LogP contribution in [0.3, 0.4) is 0 Å². The average Bonchev–Trinajstić information content (AvgIpc) is 3.27. The fourth-order valence-electron chi connectivity index (χ4n) is 3.56. The first-order valence-electron chi connectivity index (χ1n) is 9.65. The molecule has 0 amide bonds. The summed E-state index contributed by atoms with van der Waals surface area (Å²) < 4.78 is 22.4. The number of phosphoric ester groups is 1. The van der Waals surface area contributed by atoms with Crippen molar-refractivity contribution >= 4 is 19.0 Å². The molecule has 1 fully saturated rings. The molecule has 1 aliphatic rings. The number of hydrogen-bond acceptors (Lipinski definition) is 8. The van der Waals surface area contributed by atoms with E-state index in [1.54, 1.807) is 0 Å². The first-order valence-corrected chi connectivity index (χ1v) is 11.2. The number of aliphatic hydroxyl groups is 2. The lowest BCUT2D eigenvalue weighted by molar-refractivity contribution is -0.0504. The summed E-state index contributed by atoms with van der Waals surface area (Å²) in [4.78, 5) is 30.8. The number of aromatic nitrogens is 4. The van der Waals surface area contributed by atoms with Crippen molar-refractivity contribution in [3.05, 3.63) is 42.5 Å². The Kier molecular flexibility index (Phi) is 5.93. The largest absolute Gasteiger partial charge is 0.469 e. The molecule has 0 aliphatic carbocycles. The van der Waals surface area contributed by atoms with Crippen molar-refractivity contribution in [2.45, 2.75) is 44.3 Å². The number of ether oxygens (including phenoxy) is 1. The van der Waals surface area contributed by atoms with E-state index in [0.29, 0.717) is 22.8 Å². The van der Waals surface area contributed by atoms with Gasteiger partial charge in [-0.05, 0) is 17.5 Å². The Labute approximate surface area is 177 Å². The van der Waals surface area contributed by atoms with E-state index in [4.69, 9.17) is 14.5 Å². The molecule has 1 aliphatic heterocycles. The van der Waals surface area contributed by atoms with Crippen molar-refractivity contribution in [1.82, 2.24) is 19.5 Å². The minimum Gasteiger partial charge on any atom is -0.387 e. The maximum Gasteiger partial charge on any atom is 0.469 e. The summed E-state index contributed by atoms with van der Waals surface area (Å²) in [7, 11) is -4.75. The molecule has 0 bridgehead atoms. The molecule has 3 aromatic rings. The fraction of sp³-hybridized carbons (Fsp3) is 0.421. The number of benzene rings is 1. The van der Waals surface area contributed by atoms with Crippen LogP contribution in [0.4, 0.5) is 0 Å². The van der Waals surface area contributed by atoms with Gasteiger partial charge in [0.05, 0.1) is 12.9 Å². The van der Waals surface area contributed by atoms with Crippen molar-refractivity contribution < 1.29 is 33.8 Å². The van der Waals surface area contributed by atoms with Crippen molar-refractivity contribution in [2.75, 3.05) is 6.61 Å². The first-order chi connectivity index (χ1) is 14.7. The van der Waals surface area contributed by atoms with Gasteiger partial charge in [-0.15, -0.1) is 0 Å². The molecule has 1 aromatic carbocycles. The lowest BCUT2D eigenvalue weighted by atomic mass is 9.99. The zero-order valence-corrected chi connectivity index (χ0v) is 17.7. The van der Waals surface area contributed by atoms with Crippen LogP contribution in [0.1, 0.15) is 31.6 Å². The van der Waals surface area contributed by atoms with Gasteiger partial charge in [0.1, 0.15) is 35.8 Å². The van der Waals surface area contributed by atoms with Crippen LogP contribution in [0.25, 0.3) is 22.4 Å². The molecule has 0 radical (unpaired) electrons. The third-order valence-corrected chi connectivity index (χ3v) is 5.69. The molecule has 4 rings (SSSR count). The van der Waals surface area contributed by atoms with Crippen LogP contribution in [0.5, 0.6) is 0 Å². The third-order valence-electron chi connectivity index (χ3n) is 5.20. The second kappa shape index (κ2) is 8.36. The second-order valence-corrected chi connectivity index (χ2v) is 8.90. The Balaban J connectivity index is 1.67. The molecule has 4 N–H and O–H groups in total. The van der Waals surface area contributed by atoms with E-state index in [-0.39, 0.29) is 0 Å². The van der Waals surface area contributed by atoms with Gasteiger partial charge in [0.2, 0.25) is 0 Å². The minimum absolute atomic E-state index is 0.339. The van der Waals surface area contributed by atoms with Crippen LogP contribution in [0.15, 0.2) is 36.9 Å². The van der Waals surface area contributed by atoms with Crippen LogP contribution >= 0.6 is 7.82 Å². The van der Waals surface area contributed by atoms with Gasteiger partial charge >= 0.3 is 7.82 Å². The standard InChI is InChI=1S/C19H23N4O7P/c1-10(2)11-4-3-5-12(6-11)14-15-18(21-8-20-14)23(9-22-15)19-17(25)16(24)13(30-19)7-29-31(26,27)28/h3-6,8-10,13,16-17,19,24-25H,7H2,1-2H3,(H2,26,27,28)/t13-,16-,17-,19-/m1/s1.